The summed E-state index contributed by atoms with van der Waals surface area (Å²) in [4.78, 5) is 30.1. The molecule has 13 heteroatoms. The van der Waals surface area contributed by atoms with Crippen molar-refractivity contribution < 1.29 is 27.8 Å². The van der Waals surface area contributed by atoms with Gasteiger partial charge in [-0.3, -0.25) is 4.79 Å². The summed E-state index contributed by atoms with van der Waals surface area (Å²) in [7, 11) is 1.99. The molecule has 2 aliphatic rings. The number of halogens is 4. The van der Waals surface area contributed by atoms with Crippen molar-refractivity contribution in [2.75, 3.05) is 51.3 Å². The number of anilines is 1. The van der Waals surface area contributed by atoms with Crippen LogP contribution >= 0.6 is 11.6 Å². The van der Waals surface area contributed by atoms with Crippen LogP contribution in [0.3, 0.4) is 0 Å². The molecule has 1 amide bonds. The highest BCUT2D eigenvalue weighted by Gasteiger charge is 2.36. The van der Waals surface area contributed by atoms with Crippen molar-refractivity contribution in [1.29, 1.82) is 0 Å². The maximum atomic E-state index is 16.7. The first-order valence-corrected chi connectivity index (χ1v) is 15.1. The van der Waals surface area contributed by atoms with Crippen molar-refractivity contribution in [2.45, 2.75) is 24.9 Å². The summed E-state index contributed by atoms with van der Waals surface area (Å²) in [6.07, 6.45) is 1.92. The van der Waals surface area contributed by atoms with Gasteiger partial charge in [-0.1, -0.05) is 42.4 Å². The van der Waals surface area contributed by atoms with Gasteiger partial charge in [-0.2, -0.15) is 9.97 Å². The topological polar surface area (TPSA) is 86.4 Å². The van der Waals surface area contributed by atoms with Crippen molar-refractivity contribution in [3.05, 3.63) is 76.9 Å². The Hall–Kier alpha value is -4.60. The predicted octanol–water partition coefficient (Wildman–Crippen LogP) is 5.98. The molecule has 1 N–H and O–H groups in total. The summed E-state index contributed by atoms with van der Waals surface area (Å²) in [5.74, 6) is -3.86. The van der Waals surface area contributed by atoms with Crippen molar-refractivity contribution in [3.63, 3.8) is 0 Å². The van der Waals surface area contributed by atoms with Crippen molar-refractivity contribution >= 4 is 45.0 Å². The number of fused-ring (bicyclic) bond motifs is 2. The summed E-state index contributed by atoms with van der Waals surface area (Å²) in [6, 6.07) is 8.26. The highest BCUT2D eigenvalue weighted by molar-refractivity contribution is 6.37. The molecule has 0 aliphatic carbocycles. The molecule has 1 aromatic heterocycles. The van der Waals surface area contributed by atoms with Gasteiger partial charge in [0.1, 0.15) is 35.6 Å². The molecule has 2 fully saturated rings. The lowest BCUT2D eigenvalue weighted by atomic mass is 9.95. The fourth-order valence-corrected chi connectivity index (χ4v) is 6.62. The minimum absolute atomic E-state index is 0.0448. The standard InChI is InChI=1S/C33H30ClF3N6O3/c1-18(35)32(45)43-13-12-42(16-21(43)15-38-2)31-23-14-25(44)27(22-8-4-6-19-9-10-24(36)28(34)26(19)22)29(37)30(23)39-33(40-31)46-17-20-7-5-11-41(20)3/h4,6,8-10,14,20-21,44H,1,5,7,11-13,15-17H2,3H3/t20-,21-/m0/s1. The molecule has 0 unspecified atom stereocenters. The smallest absolute Gasteiger partial charge is 0.319 e. The number of aromatic nitrogens is 2. The van der Waals surface area contributed by atoms with Gasteiger partial charge in [0.15, 0.2) is 11.6 Å². The van der Waals surface area contributed by atoms with E-state index in [-0.39, 0.29) is 83.1 Å². The zero-order valence-electron chi connectivity index (χ0n) is 24.9. The number of likely N-dealkylation sites (N-methyl/N-ethyl adjacent to an activating group) is 1. The number of nitrogens with zero attached hydrogens (tertiary/aromatic N) is 6. The van der Waals surface area contributed by atoms with Gasteiger partial charge >= 0.3 is 6.01 Å². The van der Waals surface area contributed by atoms with Crippen molar-refractivity contribution in [2.24, 2.45) is 0 Å². The van der Waals surface area contributed by atoms with Crippen molar-refractivity contribution in [3.8, 4) is 22.9 Å². The normalized spacial score (nSPS) is 18.7. The fourth-order valence-electron chi connectivity index (χ4n) is 6.35. The van der Waals surface area contributed by atoms with E-state index in [9.17, 15) is 18.7 Å². The number of aromatic hydroxyl groups is 1. The maximum absolute atomic E-state index is 16.7. The number of rotatable bonds is 7. The lowest BCUT2D eigenvalue weighted by Gasteiger charge is -2.39. The molecular formula is C33H30ClF3N6O3. The molecule has 3 aromatic carbocycles. The Labute approximate surface area is 268 Å². The zero-order valence-corrected chi connectivity index (χ0v) is 25.7. The molecule has 0 spiro atoms. The molecule has 46 heavy (non-hydrogen) atoms. The van der Waals surface area contributed by atoms with Gasteiger partial charge in [0.2, 0.25) is 6.54 Å². The number of likely N-dealkylation sites (tertiary alicyclic amines) is 1. The molecule has 2 aliphatic heterocycles. The van der Waals surface area contributed by atoms with E-state index in [0.717, 1.165) is 19.4 Å². The molecular weight excluding hydrogens is 621 g/mol. The van der Waals surface area contributed by atoms with Gasteiger partial charge in [0.25, 0.3) is 5.91 Å². The monoisotopic (exact) mass is 650 g/mol. The van der Waals surface area contributed by atoms with Crippen molar-refractivity contribution in [1.82, 2.24) is 19.8 Å². The van der Waals surface area contributed by atoms with Crippen LogP contribution in [0.4, 0.5) is 19.0 Å². The predicted molar refractivity (Wildman–Crippen MR) is 170 cm³/mol. The minimum Gasteiger partial charge on any atom is -0.507 e. The molecule has 6 rings (SSSR count). The number of phenols is 1. The molecule has 0 radical (unpaired) electrons. The van der Waals surface area contributed by atoms with E-state index in [0.29, 0.717) is 5.39 Å². The van der Waals surface area contributed by atoms with Crippen LogP contribution in [0.25, 0.3) is 37.6 Å². The SMILES string of the molecule is [C-]#[N+]C[C@H]1CN(c2nc(OC[C@@H]3CCCN3C)nc3c(F)c(-c4cccc5ccc(F)c(Cl)c45)c(O)cc23)CCN1C(=O)C(=C)F. The number of ether oxygens (including phenoxy) is 1. The zero-order chi connectivity index (χ0) is 32.7. The molecule has 2 saturated heterocycles. The summed E-state index contributed by atoms with van der Waals surface area (Å²) >= 11 is 6.35. The number of benzene rings is 3. The molecule has 0 bridgehead atoms. The molecule has 2 atom stereocenters. The van der Waals surface area contributed by atoms with Crippen LogP contribution in [-0.2, 0) is 4.79 Å². The first-order chi connectivity index (χ1) is 22.1. The number of phenolic OH excluding ortho intramolecular Hbond substituents is 1. The Morgan fingerprint density at radius 1 is 1.20 bits per heavy atom. The second kappa shape index (κ2) is 12.7. The lowest BCUT2D eigenvalue weighted by molar-refractivity contribution is -0.131. The Morgan fingerprint density at radius 2 is 2.00 bits per heavy atom. The number of carbonyl (C=O) groups is 1. The van der Waals surface area contributed by atoms with E-state index in [1.54, 1.807) is 17.0 Å². The molecule has 4 aromatic rings. The largest absolute Gasteiger partial charge is 0.507 e. The summed E-state index contributed by atoms with van der Waals surface area (Å²) in [5.41, 5.74) is -0.209. The summed E-state index contributed by atoms with van der Waals surface area (Å²) in [6.45, 7) is 11.8. The van der Waals surface area contributed by atoms with E-state index >= 15 is 4.39 Å². The van der Waals surface area contributed by atoms with Crippen LogP contribution in [0.5, 0.6) is 11.8 Å². The third kappa shape index (κ3) is 5.65. The average Bonchev–Trinajstić information content (AvgIpc) is 3.45. The van der Waals surface area contributed by atoms with Crippen LogP contribution in [0.2, 0.25) is 5.02 Å². The van der Waals surface area contributed by atoms with Crippen LogP contribution in [0, 0.1) is 18.2 Å². The lowest BCUT2D eigenvalue weighted by Crippen LogP contribution is -2.56. The fraction of sp³-hybridized carbons (Fsp3) is 0.333. The van der Waals surface area contributed by atoms with E-state index < -0.39 is 35.2 Å². The van der Waals surface area contributed by atoms with Crippen LogP contribution in [0.15, 0.2) is 48.8 Å². The number of carbonyl (C=O) groups excluding carboxylic acids is 1. The molecule has 238 valence electrons. The molecule has 9 nitrogen and oxygen atoms in total. The van der Waals surface area contributed by atoms with E-state index in [1.807, 2.05) is 7.05 Å². The Kier molecular flexibility index (Phi) is 8.63. The van der Waals surface area contributed by atoms with Gasteiger partial charge in [-0.25, -0.2) is 19.7 Å². The van der Waals surface area contributed by atoms with Gasteiger partial charge in [0, 0.05) is 36.4 Å². The third-order valence-corrected chi connectivity index (χ3v) is 9.10. The first kappa shape index (κ1) is 31.4. The Morgan fingerprint density at radius 3 is 2.72 bits per heavy atom. The average molecular weight is 651 g/mol. The number of amides is 1. The minimum atomic E-state index is -1.13. The van der Waals surface area contributed by atoms with Crippen LogP contribution in [-0.4, -0.2) is 89.2 Å². The Balaban J connectivity index is 1.50. The van der Waals surface area contributed by atoms with E-state index in [2.05, 4.69) is 26.3 Å². The summed E-state index contributed by atoms with van der Waals surface area (Å²) < 4.78 is 51.1. The summed E-state index contributed by atoms with van der Waals surface area (Å²) in [5, 5.41) is 12.0. The van der Waals surface area contributed by atoms with Crippen LogP contribution in [0.1, 0.15) is 12.8 Å². The van der Waals surface area contributed by atoms with Gasteiger partial charge in [0.05, 0.1) is 10.6 Å². The number of hydrogen-bond acceptors (Lipinski definition) is 7. The molecule has 3 heterocycles. The highest BCUT2D eigenvalue weighted by Crippen LogP contribution is 2.44. The second-order valence-electron chi connectivity index (χ2n) is 11.5. The maximum Gasteiger partial charge on any atom is 0.319 e. The highest BCUT2D eigenvalue weighted by atomic mass is 35.5. The number of piperazine rings is 1. The van der Waals surface area contributed by atoms with E-state index in [4.69, 9.17) is 22.9 Å². The van der Waals surface area contributed by atoms with Gasteiger partial charge in [-0.05, 0) is 49.5 Å². The van der Waals surface area contributed by atoms with Gasteiger partial charge in [-0.15, -0.1) is 0 Å². The quantitative estimate of drug-likeness (QED) is 0.195. The number of hydrogen-bond donors (Lipinski definition) is 1. The Bertz CT molecular complexity index is 1920. The third-order valence-electron chi connectivity index (χ3n) is 8.73. The second-order valence-corrected chi connectivity index (χ2v) is 11.9. The molecule has 0 saturated carbocycles. The van der Waals surface area contributed by atoms with Crippen LogP contribution < -0.4 is 9.64 Å². The van der Waals surface area contributed by atoms with Gasteiger partial charge < -0.3 is 29.4 Å². The van der Waals surface area contributed by atoms with E-state index in [1.165, 1.54) is 29.2 Å². The first-order valence-electron chi connectivity index (χ1n) is 14.8.